The van der Waals surface area contributed by atoms with Gasteiger partial charge in [-0.3, -0.25) is 9.59 Å². The Morgan fingerprint density at radius 2 is 2.00 bits per heavy atom. The van der Waals surface area contributed by atoms with Crippen LogP contribution in [0.5, 0.6) is 5.75 Å². The third kappa shape index (κ3) is 3.16. The molecule has 0 atom stereocenters. The van der Waals surface area contributed by atoms with Crippen LogP contribution in [0.2, 0.25) is 5.02 Å². The van der Waals surface area contributed by atoms with Crippen molar-refractivity contribution in [3.63, 3.8) is 0 Å². The van der Waals surface area contributed by atoms with Gasteiger partial charge in [-0.05, 0) is 53.7 Å². The maximum atomic E-state index is 13.3. The maximum absolute atomic E-state index is 13.3. The van der Waals surface area contributed by atoms with Crippen LogP contribution in [0.25, 0.3) is 6.08 Å². The number of carbonyl (C=O) groups is 2. The average molecular weight is 364 g/mol. The van der Waals surface area contributed by atoms with Crippen LogP contribution in [0.4, 0.5) is 14.9 Å². The molecule has 0 saturated carbocycles. The van der Waals surface area contributed by atoms with Crippen LogP contribution in [0.1, 0.15) is 5.56 Å². The fourth-order valence-corrected chi connectivity index (χ4v) is 3.21. The third-order valence-electron chi connectivity index (χ3n) is 3.35. The van der Waals surface area contributed by atoms with Crippen LogP contribution in [0.3, 0.4) is 0 Å². The first-order valence-electron chi connectivity index (χ1n) is 6.86. The Kier molecular flexibility index (Phi) is 4.59. The van der Waals surface area contributed by atoms with E-state index in [1.807, 2.05) is 0 Å². The molecule has 7 heteroatoms. The zero-order valence-electron chi connectivity index (χ0n) is 12.5. The Bertz CT molecular complexity index is 869. The predicted molar refractivity (Wildman–Crippen MR) is 92.9 cm³/mol. The number of carbonyl (C=O) groups excluding carboxylic acids is 2. The zero-order valence-corrected chi connectivity index (χ0v) is 14.0. The number of nitrogens with zero attached hydrogens (tertiary/aromatic N) is 1. The number of methoxy groups -OCH3 is 1. The van der Waals surface area contributed by atoms with Crippen LogP contribution in [0.15, 0.2) is 47.4 Å². The van der Waals surface area contributed by atoms with Gasteiger partial charge >= 0.3 is 0 Å². The van der Waals surface area contributed by atoms with E-state index in [2.05, 4.69) is 0 Å². The number of anilines is 1. The van der Waals surface area contributed by atoms with Crippen LogP contribution in [0, 0.1) is 5.82 Å². The normalized spacial score (nSPS) is 16.1. The fourth-order valence-electron chi connectivity index (χ4n) is 2.20. The summed E-state index contributed by atoms with van der Waals surface area (Å²) in [7, 11) is 1.55. The minimum absolute atomic E-state index is 0.150. The van der Waals surface area contributed by atoms with Gasteiger partial charge in [0.05, 0.1) is 22.7 Å². The van der Waals surface area contributed by atoms with Gasteiger partial charge in [0, 0.05) is 0 Å². The molecule has 3 rings (SSSR count). The minimum atomic E-state index is -0.612. The van der Waals surface area contributed by atoms with Crippen molar-refractivity contribution in [3.8, 4) is 5.75 Å². The molecule has 2 aromatic carbocycles. The zero-order chi connectivity index (χ0) is 17.3. The van der Waals surface area contributed by atoms with Gasteiger partial charge in [-0.2, -0.15) is 0 Å². The lowest BCUT2D eigenvalue weighted by molar-refractivity contribution is -0.113. The molecule has 1 saturated heterocycles. The summed E-state index contributed by atoms with van der Waals surface area (Å²) in [6.45, 7) is 0. The van der Waals surface area contributed by atoms with E-state index >= 15 is 0 Å². The summed E-state index contributed by atoms with van der Waals surface area (Å²) in [5.74, 6) is -0.442. The second kappa shape index (κ2) is 6.67. The first-order valence-corrected chi connectivity index (χ1v) is 8.06. The summed E-state index contributed by atoms with van der Waals surface area (Å²) in [6.07, 6.45) is 1.61. The molecule has 0 aliphatic carbocycles. The Morgan fingerprint density at radius 1 is 1.21 bits per heavy atom. The van der Waals surface area contributed by atoms with Gasteiger partial charge in [0.2, 0.25) is 0 Å². The number of imide groups is 1. The Hall–Kier alpha value is -2.31. The highest BCUT2D eigenvalue weighted by molar-refractivity contribution is 8.19. The van der Waals surface area contributed by atoms with E-state index in [0.29, 0.717) is 5.75 Å². The van der Waals surface area contributed by atoms with Crippen LogP contribution < -0.4 is 9.64 Å². The number of benzene rings is 2. The molecule has 4 nitrogen and oxygen atoms in total. The molecule has 0 spiro atoms. The topological polar surface area (TPSA) is 46.6 Å². The van der Waals surface area contributed by atoms with E-state index in [-0.39, 0.29) is 15.6 Å². The predicted octanol–water partition coefficient (Wildman–Crippen LogP) is 4.73. The molecule has 2 aromatic rings. The first kappa shape index (κ1) is 16.5. The molecular weight excluding hydrogens is 353 g/mol. The number of hydrogen-bond acceptors (Lipinski definition) is 4. The summed E-state index contributed by atoms with van der Waals surface area (Å²) < 4.78 is 18.4. The minimum Gasteiger partial charge on any atom is -0.497 e. The molecule has 0 aromatic heterocycles. The van der Waals surface area contributed by atoms with Gasteiger partial charge in [0.15, 0.2) is 0 Å². The molecule has 24 heavy (non-hydrogen) atoms. The molecule has 1 fully saturated rings. The van der Waals surface area contributed by atoms with Gasteiger partial charge in [0.25, 0.3) is 11.1 Å². The maximum Gasteiger partial charge on any atom is 0.298 e. The average Bonchev–Trinajstić information content (AvgIpc) is 2.84. The van der Waals surface area contributed by atoms with Crippen molar-refractivity contribution in [2.75, 3.05) is 12.0 Å². The lowest BCUT2D eigenvalue weighted by Crippen LogP contribution is -2.27. The molecule has 0 bridgehead atoms. The summed E-state index contributed by atoms with van der Waals surface area (Å²) >= 11 is 6.54. The summed E-state index contributed by atoms with van der Waals surface area (Å²) in [5, 5.41) is -0.611. The molecule has 2 amide bonds. The monoisotopic (exact) mass is 363 g/mol. The van der Waals surface area contributed by atoms with Crippen molar-refractivity contribution >= 4 is 46.3 Å². The SMILES string of the molecule is COc1cccc(/C=C2\SC(=O)N(c3ccc(F)c(Cl)c3)C2=O)c1. The number of thioether (sulfide) groups is 1. The van der Waals surface area contributed by atoms with E-state index in [1.165, 1.54) is 12.1 Å². The smallest absolute Gasteiger partial charge is 0.298 e. The van der Waals surface area contributed by atoms with E-state index in [0.717, 1.165) is 28.3 Å². The molecular formula is C17H11ClFNO3S. The van der Waals surface area contributed by atoms with Crippen molar-refractivity contribution < 1.29 is 18.7 Å². The second-order valence-corrected chi connectivity index (χ2v) is 6.29. The fraction of sp³-hybridized carbons (Fsp3) is 0.0588. The lowest BCUT2D eigenvalue weighted by atomic mass is 10.2. The van der Waals surface area contributed by atoms with Crippen LogP contribution in [-0.2, 0) is 4.79 Å². The van der Waals surface area contributed by atoms with Crippen molar-refractivity contribution in [1.82, 2.24) is 0 Å². The molecule has 1 heterocycles. The number of ether oxygens (including phenoxy) is 1. The molecule has 0 radical (unpaired) electrons. The number of amides is 2. The van der Waals surface area contributed by atoms with Gasteiger partial charge < -0.3 is 4.74 Å². The van der Waals surface area contributed by atoms with Crippen molar-refractivity contribution in [3.05, 3.63) is 63.8 Å². The molecule has 122 valence electrons. The van der Waals surface area contributed by atoms with Crippen molar-refractivity contribution in [2.24, 2.45) is 0 Å². The summed E-state index contributed by atoms with van der Waals surface area (Å²) in [4.78, 5) is 25.9. The van der Waals surface area contributed by atoms with Crippen molar-refractivity contribution in [2.45, 2.75) is 0 Å². The number of rotatable bonds is 3. The lowest BCUT2D eigenvalue weighted by Gasteiger charge is -2.12. The number of halogens is 2. The molecule has 0 N–H and O–H groups in total. The second-order valence-electron chi connectivity index (χ2n) is 4.89. The first-order chi connectivity index (χ1) is 11.5. The quantitative estimate of drug-likeness (QED) is 0.740. The molecule has 0 unspecified atom stereocenters. The Morgan fingerprint density at radius 3 is 2.71 bits per heavy atom. The Labute approximate surface area is 146 Å². The largest absolute Gasteiger partial charge is 0.497 e. The van der Waals surface area contributed by atoms with E-state index in [1.54, 1.807) is 37.5 Å². The molecule has 1 aliphatic heterocycles. The van der Waals surface area contributed by atoms with Gasteiger partial charge in [-0.1, -0.05) is 23.7 Å². The van der Waals surface area contributed by atoms with Gasteiger partial charge in [-0.25, -0.2) is 9.29 Å². The van der Waals surface area contributed by atoms with Crippen LogP contribution >= 0.6 is 23.4 Å². The molecule has 1 aliphatic rings. The number of hydrogen-bond donors (Lipinski definition) is 0. The third-order valence-corrected chi connectivity index (χ3v) is 4.51. The highest BCUT2D eigenvalue weighted by Gasteiger charge is 2.36. The summed E-state index contributed by atoms with van der Waals surface area (Å²) in [6, 6.07) is 10.8. The van der Waals surface area contributed by atoms with Crippen LogP contribution in [-0.4, -0.2) is 18.3 Å². The van der Waals surface area contributed by atoms with Gasteiger partial charge in [-0.15, -0.1) is 0 Å². The van der Waals surface area contributed by atoms with E-state index < -0.39 is 17.0 Å². The van der Waals surface area contributed by atoms with Crippen molar-refractivity contribution in [1.29, 1.82) is 0 Å². The highest BCUT2D eigenvalue weighted by atomic mass is 35.5. The Balaban J connectivity index is 1.93. The van der Waals surface area contributed by atoms with E-state index in [4.69, 9.17) is 16.3 Å². The van der Waals surface area contributed by atoms with E-state index in [9.17, 15) is 14.0 Å². The standard InChI is InChI=1S/C17H11ClFNO3S/c1-23-12-4-2-3-10(7-12)8-15-16(21)20(17(22)24-15)11-5-6-14(19)13(18)9-11/h2-9H,1H3/b15-8-. The highest BCUT2D eigenvalue weighted by Crippen LogP contribution is 2.37. The van der Waals surface area contributed by atoms with Gasteiger partial charge in [0.1, 0.15) is 11.6 Å². The summed E-state index contributed by atoms with van der Waals surface area (Å²) in [5.41, 5.74) is 0.968.